The van der Waals surface area contributed by atoms with E-state index in [1.807, 2.05) is 30.5 Å². The average molecular weight is 571 g/mol. The maximum absolute atomic E-state index is 13.6. The van der Waals surface area contributed by atoms with Crippen LogP contribution in [0.25, 0.3) is 10.9 Å². The van der Waals surface area contributed by atoms with Gasteiger partial charge in [-0.1, -0.05) is 53.5 Å². The zero-order valence-electron chi connectivity index (χ0n) is 21.4. The van der Waals surface area contributed by atoms with Gasteiger partial charge in [0.1, 0.15) is 12.4 Å². The number of aromatic amines is 1. The van der Waals surface area contributed by atoms with E-state index in [-0.39, 0.29) is 38.0 Å². The van der Waals surface area contributed by atoms with Gasteiger partial charge >= 0.3 is 6.03 Å². The molecular formula is C29H29Cl2FN4O3. The molecule has 0 saturated heterocycles. The SMILES string of the molecule is COCCN(CC(=O)N(CCc1c[nH]c2ccccc12)Cc1ccc(F)cc1)C(=O)Nc1ccc(Cl)c(Cl)c1. The van der Waals surface area contributed by atoms with E-state index < -0.39 is 6.03 Å². The number of H-pyrrole nitrogens is 1. The summed E-state index contributed by atoms with van der Waals surface area (Å²) in [6, 6.07) is 18.3. The van der Waals surface area contributed by atoms with Crippen molar-refractivity contribution >= 4 is 51.7 Å². The Morgan fingerprint density at radius 2 is 1.74 bits per heavy atom. The summed E-state index contributed by atoms with van der Waals surface area (Å²) in [4.78, 5) is 33.1. The minimum absolute atomic E-state index is 0.175. The molecule has 0 saturated carbocycles. The Balaban J connectivity index is 1.51. The van der Waals surface area contributed by atoms with Crippen LogP contribution in [0, 0.1) is 5.82 Å². The van der Waals surface area contributed by atoms with Gasteiger partial charge in [0.25, 0.3) is 0 Å². The lowest BCUT2D eigenvalue weighted by atomic mass is 10.1. The summed E-state index contributed by atoms with van der Waals surface area (Å²) in [6.07, 6.45) is 2.55. The molecule has 3 amide bonds. The van der Waals surface area contributed by atoms with Crippen LogP contribution in [0.2, 0.25) is 10.0 Å². The number of carbonyl (C=O) groups excluding carboxylic acids is 2. The van der Waals surface area contributed by atoms with Crippen molar-refractivity contribution in [1.82, 2.24) is 14.8 Å². The first-order chi connectivity index (χ1) is 18.8. The molecule has 3 aromatic carbocycles. The van der Waals surface area contributed by atoms with Gasteiger partial charge in [0, 0.05) is 49.5 Å². The van der Waals surface area contributed by atoms with E-state index in [9.17, 15) is 14.0 Å². The molecule has 7 nitrogen and oxygen atoms in total. The fourth-order valence-electron chi connectivity index (χ4n) is 4.19. The summed E-state index contributed by atoms with van der Waals surface area (Å²) in [6.45, 7) is 0.946. The van der Waals surface area contributed by atoms with E-state index in [0.29, 0.717) is 28.7 Å². The van der Waals surface area contributed by atoms with Gasteiger partial charge in [-0.05, 0) is 53.9 Å². The molecule has 0 atom stereocenters. The third kappa shape index (κ3) is 7.72. The third-order valence-corrected chi connectivity index (χ3v) is 7.05. The number of carbonyl (C=O) groups is 2. The number of para-hydroxylation sites is 1. The Hall–Kier alpha value is -3.59. The Morgan fingerprint density at radius 3 is 2.49 bits per heavy atom. The largest absolute Gasteiger partial charge is 0.383 e. The number of aromatic nitrogens is 1. The van der Waals surface area contributed by atoms with Crippen molar-refractivity contribution in [2.45, 2.75) is 13.0 Å². The fourth-order valence-corrected chi connectivity index (χ4v) is 4.49. The van der Waals surface area contributed by atoms with Crippen LogP contribution in [0.4, 0.5) is 14.9 Å². The standard InChI is InChI=1S/C29H29Cl2FN4O3/c1-39-15-14-36(29(38)34-23-10-11-25(30)26(31)16-23)19-28(37)35(18-20-6-8-22(32)9-7-20)13-12-21-17-33-27-5-3-2-4-24(21)27/h2-11,16-17,33H,12-15,18-19H2,1H3,(H,34,38). The highest BCUT2D eigenvalue weighted by Crippen LogP contribution is 2.25. The van der Waals surface area contributed by atoms with E-state index in [0.717, 1.165) is 22.0 Å². The molecule has 0 aliphatic heterocycles. The number of anilines is 1. The summed E-state index contributed by atoms with van der Waals surface area (Å²) in [5, 5.41) is 4.53. The lowest BCUT2D eigenvalue weighted by molar-refractivity contribution is -0.132. The zero-order chi connectivity index (χ0) is 27.8. The first-order valence-electron chi connectivity index (χ1n) is 12.4. The van der Waals surface area contributed by atoms with Crippen molar-refractivity contribution in [1.29, 1.82) is 0 Å². The normalized spacial score (nSPS) is 11.0. The number of methoxy groups -OCH3 is 1. The van der Waals surface area contributed by atoms with Crippen molar-refractivity contribution in [3.05, 3.63) is 99.9 Å². The molecule has 204 valence electrons. The van der Waals surface area contributed by atoms with E-state index in [2.05, 4.69) is 10.3 Å². The topological polar surface area (TPSA) is 77.7 Å². The van der Waals surface area contributed by atoms with Gasteiger partial charge in [-0.15, -0.1) is 0 Å². The number of urea groups is 1. The first-order valence-corrected chi connectivity index (χ1v) is 13.2. The fraction of sp³-hybridized carbons (Fsp3) is 0.241. The Morgan fingerprint density at radius 1 is 0.974 bits per heavy atom. The molecular weight excluding hydrogens is 542 g/mol. The van der Waals surface area contributed by atoms with Gasteiger partial charge in [0.15, 0.2) is 0 Å². The number of nitrogens with zero attached hydrogens (tertiary/aromatic N) is 2. The number of ether oxygens (including phenoxy) is 1. The molecule has 2 N–H and O–H groups in total. The number of rotatable bonds is 11. The van der Waals surface area contributed by atoms with Crippen LogP contribution >= 0.6 is 23.2 Å². The van der Waals surface area contributed by atoms with Crippen LogP contribution in [0.1, 0.15) is 11.1 Å². The van der Waals surface area contributed by atoms with Crippen molar-refractivity contribution in [3.8, 4) is 0 Å². The monoisotopic (exact) mass is 570 g/mol. The second-order valence-electron chi connectivity index (χ2n) is 9.02. The molecule has 0 radical (unpaired) electrons. The highest BCUT2D eigenvalue weighted by Gasteiger charge is 2.22. The quantitative estimate of drug-likeness (QED) is 0.220. The van der Waals surface area contributed by atoms with Gasteiger partial charge < -0.3 is 24.8 Å². The maximum Gasteiger partial charge on any atom is 0.322 e. The van der Waals surface area contributed by atoms with E-state index in [1.54, 1.807) is 35.2 Å². The van der Waals surface area contributed by atoms with Crippen molar-refractivity contribution < 1.29 is 18.7 Å². The van der Waals surface area contributed by atoms with E-state index in [4.69, 9.17) is 27.9 Å². The molecule has 0 aliphatic carbocycles. The molecule has 0 fully saturated rings. The number of hydrogen-bond acceptors (Lipinski definition) is 3. The van der Waals surface area contributed by atoms with Crippen LogP contribution in [0.15, 0.2) is 72.9 Å². The number of amides is 3. The number of hydrogen-bond donors (Lipinski definition) is 2. The number of benzene rings is 3. The van der Waals surface area contributed by atoms with Crippen LogP contribution in [-0.4, -0.2) is 60.1 Å². The lowest BCUT2D eigenvalue weighted by Crippen LogP contribution is -2.46. The second-order valence-corrected chi connectivity index (χ2v) is 9.84. The van der Waals surface area contributed by atoms with Crippen LogP contribution in [-0.2, 0) is 22.5 Å². The lowest BCUT2D eigenvalue weighted by Gasteiger charge is -2.28. The minimum Gasteiger partial charge on any atom is -0.383 e. The Labute approximate surface area is 236 Å². The highest BCUT2D eigenvalue weighted by molar-refractivity contribution is 6.42. The molecule has 4 rings (SSSR count). The van der Waals surface area contributed by atoms with Crippen molar-refractivity contribution in [3.63, 3.8) is 0 Å². The van der Waals surface area contributed by atoms with Crippen LogP contribution in [0.3, 0.4) is 0 Å². The average Bonchev–Trinajstić information content (AvgIpc) is 3.35. The van der Waals surface area contributed by atoms with Crippen molar-refractivity contribution in [2.24, 2.45) is 0 Å². The van der Waals surface area contributed by atoms with Crippen LogP contribution < -0.4 is 5.32 Å². The molecule has 0 spiro atoms. The highest BCUT2D eigenvalue weighted by atomic mass is 35.5. The predicted molar refractivity (Wildman–Crippen MR) is 153 cm³/mol. The molecule has 0 unspecified atom stereocenters. The molecule has 0 aliphatic rings. The van der Waals surface area contributed by atoms with E-state index >= 15 is 0 Å². The molecule has 1 heterocycles. The molecule has 1 aromatic heterocycles. The summed E-state index contributed by atoms with van der Waals surface area (Å²) < 4.78 is 18.7. The zero-order valence-corrected chi connectivity index (χ0v) is 22.9. The van der Waals surface area contributed by atoms with Crippen molar-refractivity contribution in [2.75, 3.05) is 38.7 Å². The van der Waals surface area contributed by atoms with Gasteiger partial charge in [0.05, 0.1) is 16.7 Å². The molecule has 0 bridgehead atoms. The number of halogens is 3. The number of fused-ring (bicyclic) bond motifs is 1. The Bertz CT molecular complexity index is 1430. The van der Waals surface area contributed by atoms with Crippen LogP contribution in [0.5, 0.6) is 0 Å². The van der Waals surface area contributed by atoms with Gasteiger partial charge in [-0.3, -0.25) is 4.79 Å². The third-order valence-electron chi connectivity index (χ3n) is 6.31. The van der Waals surface area contributed by atoms with Gasteiger partial charge in [-0.2, -0.15) is 0 Å². The summed E-state index contributed by atoms with van der Waals surface area (Å²) >= 11 is 12.1. The predicted octanol–water partition coefficient (Wildman–Crippen LogP) is 6.37. The molecule has 39 heavy (non-hydrogen) atoms. The van der Waals surface area contributed by atoms with E-state index in [1.165, 1.54) is 24.1 Å². The second kappa shape index (κ2) is 13.5. The minimum atomic E-state index is -0.475. The maximum atomic E-state index is 13.6. The first kappa shape index (κ1) is 28.4. The van der Waals surface area contributed by atoms with Gasteiger partial charge in [0.2, 0.25) is 5.91 Å². The summed E-state index contributed by atoms with van der Waals surface area (Å²) in [5.74, 6) is -0.598. The smallest absolute Gasteiger partial charge is 0.322 e. The summed E-state index contributed by atoms with van der Waals surface area (Å²) in [5.41, 5.74) is 3.34. The molecule has 10 heteroatoms. The van der Waals surface area contributed by atoms with Gasteiger partial charge in [-0.25, -0.2) is 9.18 Å². The summed E-state index contributed by atoms with van der Waals surface area (Å²) in [7, 11) is 1.53. The number of nitrogens with one attached hydrogen (secondary N) is 2. The molecule has 4 aromatic rings. The Kier molecular flexibility index (Phi) is 9.81.